The Kier molecular flexibility index (Phi) is 11.6. The van der Waals surface area contributed by atoms with Gasteiger partial charge in [-0.25, -0.2) is 0 Å². The fourth-order valence-corrected chi connectivity index (χ4v) is 2.05. The van der Waals surface area contributed by atoms with Crippen molar-refractivity contribution < 1.29 is 0 Å². The molecule has 0 aliphatic rings. The molecule has 0 unspecified atom stereocenters. The first-order chi connectivity index (χ1) is 6.85. The summed E-state index contributed by atoms with van der Waals surface area (Å²) in [6.45, 7) is 7.00. The van der Waals surface area contributed by atoms with Crippen molar-refractivity contribution in [3.8, 4) is 0 Å². The number of unbranched alkanes of at least 4 members (excludes halogenated alkanes) is 2. The van der Waals surface area contributed by atoms with Crippen molar-refractivity contribution in [1.82, 2.24) is 5.32 Å². The average Bonchev–Trinajstić information content (AvgIpc) is 2.22. The molecule has 86 valence electrons. The maximum atomic E-state index is 3.56. The average molecular weight is 217 g/mol. The minimum Gasteiger partial charge on any atom is -0.316 e. The highest BCUT2D eigenvalue weighted by Crippen LogP contribution is 2.05. The van der Waals surface area contributed by atoms with Crippen LogP contribution in [-0.2, 0) is 0 Å². The third kappa shape index (κ3) is 8.89. The van der Waals surface area contributed by atoms with E-state index in [-0.39, 0.29) is 0 Å². The van der Waals surface area contributed by atoms with E-state index in [1.807, 2.05) is 11.8 Å². The molecule has 0 aromatic rings. The summed E-state index contributed by atoms with van der Waals surface area (Å²) < 4.78 is 0. The largest absolute Gasteiger partial charge is 0.316 e. The molecular weight excluding hydrogens is 190 g/mol. The van der Waals surface area contributed by atoms with Crippen molar-refractivity contribution in [3.05, 3.63) is 0 Å². The SMILES string of the molecule is CCC(CC)CNCCCCCSC. The van der Waals surface area contributed by atoms with Crippen molar-refractivity contribution in [2.45, 2.75) is 46.0 Å². The summed E-state index contributed by atoms with van der Waals surface area (Å²) in [6.07, 6.45) is 8.93. The normalized spacial score (nSPS) is 11.1. The van der Waals surface area contributed by atoms with Gasteiger partial charge in [-0.2, -0.15) is 11.8 Å². The van der Waals surface area contributed by atoms with Crippen LogP contribution in [0.1, 0.15) is 46.0 Å². The van der Waals surface area contributed by atoms with E-state index in [1.54, 1.807) is 0 Å². The van der Waals surface area contributed by atoms with Crippen LogP contribution in [0.3, 0.4) is 0 Å². The Hall–Kier alpha value is 0.310. The van der Waals surface area contributed by atoms with Gasteiger partial charge in [0.05, 0.1) is 0 Å². The predicted octanol–water partition coefficient (Wildman–Crippen LogP) is 3.55. The summed E-state index contributed by atoms with van der Waals surface area (Å²) in [4.78, 5) is 0. The van der Waals surface area contributed by atoms with E-state index < -0.39 is 0 Å². The minimum atomic E-state index is 0.890. The minimum absolute atomic E-state index is 0.890. The van der Waals surface area contributed by atoms with Gasteiger partial charge < -0.3 is 5.32 Å². The van der Waals surface area contributed by atoms with Crippen molar-refractivity contribution >= 4 is 11.8 Å². The Bertz CT molecular complexity index is 102. The van der Waals surface area contributed by atoms with E-state index in [2.05, 4.69) is 25.4 Å². The molecule has 1 nitrogen and oxygen atoms in total. The first-order valence-electron chi connectivity index (χ1n) is 6.04. The van der Waals surface area contributed by atoms with Gasteiger partial charge in [0.1, 0.15) is 0 Å². The Balaban J connectivity index is 3.04. The maximum Gasteiger partial charge on any atom is -0.00207 e. The van der Waals surface area contributed by atoms with Crippen LogP contribution in [0.25, 0.3) is 0 Å². The van der Waals surface area contributed by atoms with Gasteiger partial charge in [0.15, 0.2) is 0 Å². The van der Waals surface area contributed by atoms with Crippen LogP contribution < -0.4 is 5.32 Å². The summed E-state index contributed by atoms with van der Waals surface area (Å²) >= 11 is 1.96. The van der Waals surface area contributed by atoms with Crippen molar-refractivity contribution in [2.24, 2.45) is 5.92 Å². The topological polar surface area (TPSA) is 12.0 Å². The Labute approximate surface area is 94.4 Å². The Morgan fingerprint density at radius 3 is 2.36 bits per heavy atom. The van der Waals surface area contributed by atoms with Crippen LogP contribution in [0.2, 0.25) is 0 Å². The molecule has 0 amide bonds. The Morgan fingerprint density at radius 1 is 1.07 bits per heavy atom. The lowest BCUT2D eigenvalue weighted by Gasteiger charge is -2.12. The molecule has 0 aromatic heterocycles. The lowest BCUT2D eigenvalue weighted by atomic mass is 10.0. The third-order valence-corrected chi connectivity index (χ3v) is 3.49. The van der Waals surface area contributed by atoms with Crippen LogP contribution in [0.4, 0.5) is 0 Å². The summed E-state index contributed by atoms with van der Waals surface area (Å²) in [5.74, 6) is 2.22. The van der Waals surface area contributed by atoms with Crippen LogP contribution in [-0.4, -0.2) is 25.1 Å². The molecule has 2 heteroatoms. The zero-order chi connectivity index (χ0) is 10.6. The summed E-state index contributed by atoms with van der Waals surface area (Å²) in [5.41, 5.74) is 0. The molecule has 0 aromatic carbocycles. The molecule has 0 bridgehead atoms. The summed E-state index contributed by atoms with van der Waals surface area (Å²) in [6, 6.07) is 0. The molecule has 0 saturated heterocycles. The molecule has 0 spiro atoms. The predicted molar refractivity (Wildman–Crippen MR) is 69.2 cm³/mol. The van der Waals surface area contributed by atoms with Gasteiger partial charge in [-0.05, 0) is 43.9 Å². The highest BCUT2D eigenvalue weighted by Gasteiger charge is 2.01. The van der Waals surface area contributed by atoms with E-state index in [4.69, 9.17) is 0 Å². The number of rotatable bonds is 10. The number of nitrogens with one attached hydrogen (secondary N) is 1. The zero-order valence-corrected chi connectivity index (χ0v) is 11.0. The molecule has 0 rings (SSSR count). The molecule has 0 fully saturated rings. The zero-order valence-electron chi connectivity index (χ0n) is 10.1. The molecular formula is C12H27NS. The van der Waals surface area contributed by atoms with Gasteiger partial charge in [-0.15, -0.1) is 0 Å². The lowest BCUT2D eigenvalue weighted by molar-refractivity contribution is 0.445. The van der Waals surface area contributed by atoms with Gasteiger partial charge in [0, 0.05) is 0 Å². The Morgan fingerprint density at radius 2 is 1.79 bits per heavy atom. The fraction of sp³-hybridized carbons (Fsp3) is 1.00. The van der Waals surface area contributed by atoms with Crippen molar-refractivity contribution in [3.63, 3.8) is 0 Å². The molecule has 1 N–H and O–H groups in total. The molecule has 14 heavy (non-hydrogen) atoms. The van der Waals surface area contributed by atoms with Gasteiger partial charge in [-0.3, -0.25) is 0 Å². The highest BCUT2D eigenvalue weighted by atomic mass is 32.2. The molecule has 0 aliphatic carbocycles. The van der Waals surface area contributed by atoms with E-state index in [0.717, 1.165) is 5.92 Å². The van der Waals surface area contributed by atoms with Gasteiger partial charge in [0.2, 0.25) is 0 Å². The summed E-state index contributed by atoms with van der Waals surface area (Å²) in [7, 11) is 0. The molecule has 0 aliphatic heterocycles. The van der Waals surface area contributed by atoms with Crippen LogP contribution in [0.5, 0.6) is 0 Å². The standard InChI is InChI=1S/C12H27NS/c1-4-12(5-2)11-13-9-7-6-8-10-14-3/h12-13H,4-11H2,1-3H3. The number of hydrogen-bond donors (Lipinski definition) is 1. The maximum absolute atomic E-state index is 3.56. The monoisotopic (exact) mass is 217 g/mol. The van der Waals surface area contributed by atoms with Crippen molar-refractivity contribution in [1.29, 1.82) is 0 Å². The van der Waals surface area contributed by atoms with Crippen LogP contribution in [0.15, 0.2) is 0 Å². The molecule has 0 atom stereocenters. The van der Waals surface area contributed by atoms with E-state index in [9.17, 15) is 0 Å². The van der Waals surface area contributed by atoms with Crippen molar-refractivity contribution in [2.75, 3.05) is 25.1 Å². The second-order valence-electron chi connectivity index (χ2n) is 3.94. The van der Waals surface area contributed by atoms with E-state index in [1.165, 1.54) is 50.9 Å². The van der Waals surface area contributed by atoms with Gasteiger partial charge >= 0.3 is 0 Å². The second kappa shape index (κ2) is 11.4. The fourth-order valence-electron chi connectivity index (χ4n) is 1.56. The van der Waals surface area contributed by atoms with E-state index >= 15 is 0 Å². The number of hydrogen-bond acceptors (Lipinski definition) is 2. The quantitative estimate of drug-likeness (QED) is 0.562. The number of thioether (sulfide) groups is 1. The highest BCUT2D eigenvalue weighted by molar-refractivity contribution is 7.98. The lowest BCUT2D eigenvalue weighted by Crippen LogP contribution is -2.23. The first-order valence-corrected chi connectivity index (χ1v) is 7.44. The molecule has 0 saturated carbocycles. The second-order valence-corrected chi connectivity index (χ2v) is 4.93. The van der Waals surface area contributed by atoms with Crippen LogP contribution >= 0.6 is 11.8 Å². The first kappa shape index (κ1) is 14.3. The summed E-state index contributed by atoms with van der Waals surface area (Å²) in [5, 5.41) is 3.56. The van der Waals surface area contributed by atoms with Gasteiger partial charge in [-0.1, -0.05) is 33.1 Å². The van der Waals surface area contributed by atoms with Gasteiger partial charge in [0.25, 0.3) is 0 Å². The molecule has 0 radical (unpaired) electrons. The smallest absolute Gasteiger partial charge is 0.00207 e. The van der Waals surface area contributed by atoms with E-state index in [0.29, 0.717) is 0 Å². The van der Waals surface area contributed by atoms with Crippen LogP contribution in [0, 0.1) is 5.92 Å². The third-order valence-electron chi connectivity index (χ3n) is 2.79. The molecule has 0 heterocycles.